The van der Waals surface area contributed by atoms with E-state index in [1.54, 1.807) is 4.90 Å². The number of Topliss-reactive ketones (excluding diaryl/α,β-unsaturated/α-hetero) is 1. The van der Waals surface area contributed by atoms with Gasteiger partial charge < -0.3 is 23.8 Å². The number of amides is 1. The van der Waals surface area contributed by atoms with E-state index in [-0.39, 0.29) is 44.2 Å². The average Bonchev–Trinajstić information content (AvgIpc) is 3.46. The molecule has 3 heterocycles. The Bertz CT molecular complexity index is 894. The van der Waals surface area contributed by atoms with E-state index in [1.165, 1.54) is 0 Å². The van der Waals surface area contributed by atoms with Crippen LogP contribution in [-0.2, 0) is 22.4 Å². The summed E-state index contributed by atoms with van der Waals surface area (Å²) in [5.41, 5.74) is 1.72. The maximum absolute atomic E-state index is 12.9. The standard InChI is InChI=1S/C22H21NO6/c24-17(8-14-3-5-18-20(9-14)28-12-26-18)16-2-1-7-23(16)22(25)11-15-4-6-19-21(10-15)29-13-27-19/h3-6,9-10,16H,1-2,7-8,11-13H2. The van der Waals surface area contributed by atoms with Gasteiger partial charge >= 0.3 is 0 Å². The smallest absolute Gasteiger partial charge is 0.231 e. The lowest BCUT2D eigenvalue weighted by Crippen LogP contribution is -2.41. The van der Waals surface area contributed by atoms with E-state index < -0.39 is 0 Å². The van der Waals surface area contributed by atoms with Crippen LogP contribution < -0.4 is 18.9 Å². The molecule has 1 fully saturated rings. The van der Waals surface area contributed by atoms with Gasteiger partial charge in [-0.1, -0.05) is 12.1 Å². The van der Waals surface area contributed by atoms with Crippen LogP contribution in [0.1, 0.15) is 24.0 Å². The molecule has 5 rings (SSSR count). The molecule has 3 aliphatic heterocycles. The summed E-state index contributed by atoms with van der Waals surface area (Å²) in [7, 11) is 0. The van der Waals surface area contributed by atoms with E-state index in [4.69, 9.17) is 18.9 Å². The Balaban J connectivity index is 1.25. The second kappa shape index (κ2) is 7.31. The third kappa shape index (κ3) is 3.48. The van der Waals surface area contributed by atoms with Gasteiger partial charge in [-0.2, -0.15) is 0 Å². The topological polar surface area (TPSA) is 74.3 Å². The van der Waals surface area contributed by atoms with Gasteiger partial charge in [0.2, 0.25) is 19.5 Å². The van der Waals surface area contributed by atoms with Gasteiger partial charge in [0.05, 0.1) is 12.5 Å². The molecule has 0 saturated carbocycles. The molecule has 3 aliphatic rings. The fourth-order valence-corrected chi connectivity index (χ4v) is 4.10. The summed E-state index contributed by atoms with van der Waals surface area (Å²) >= 11 is 0. The predicted octanol–water partition coefficient (Wildman–Crippen LogP) is 2.49. The summed E-state index contributed by atoms with van der Waals surface area (Å²) in [6.07, 6.45) is 2.06. The molecule has 0 aliphatic carbocycles. The SMILES string of the molecule is O=C(Cc1ccc2c(c1)OCO2)C1CCCN1C(=O)Cc1ccc2c(c1)OCO2. The first kappa shape index (κ1) is 17.8. The fourth-order valence-electron chi connectivity index (χ4n) is 4.10. The van der Waals surface area contributed by atoms with Crippen LogP contribution in [0.2, 0.25) is 0 Å². The third-order valence-corrected chi connectivity index (χ3v) is 5.55. The van der Waals surface area contributed by atoms with E-state index >= 15 is 0 Å². The highest BCUT2D eigenvalue weighted by Gasteiger charge is 2.34. The van der Waals surface area contributed by atoms with Crippen LogP contribution in [0.15, 0.2) is 36.4 Å². The van der Waals surface area contributed by atoms with Crippen LogP contribution in [0.3, 0.4) is 0 Å². The molecule has 0 N–H and O–H groups in total. The van der Waals surface area contributed by atoms with Crippen molar-refractivity contribution in [2.45, 2.75) is 31.7 Å². The van der Waals surface area contributed by atoms with E-state index in [1.807, 2.05) is 36.4 Å². The van der Waals surface area contributed by atoms with Crippen molar-refractivity contribution in [2.75, 3.05) is 20.1 Å². The van der Waals surface area contributed by atoms with Gasteiger partial charge in [0, 0.05) is 13.0 Å². The zero-order valence-electron chi connectivity index (χ0n) is 15.9. The zero-order chi connectivity index (χ0) is 19.8. The molecule has 2 aromatic rings. The van der Waals surface area contributed by atoms with Crippen molar-refractivity contribution in [3.8, 4) is 23.0 Å². The molecule has 7 heteroatoms. The Hall–Kier alpha value is -3.22. The van der Waals surface area contributed by atoms with Crippen LogP contribution in [0.25, 0.3) is 0 Å². The number of hydrogen-bond acceptors (Lipinski definition) is 6. The van der Waals surface area contributed by atoms with Gasteiger partial charge in [0.25, 0.3) is 0 Å². The summed E-state index contributed by atoms with van der Waals surface area (Å²) in [5, 5.41) is 0. The fraction of sp³-hybridized carbons (Fsp3) is 0.364. The molecule has 1 atom stereocenters. The van der Waals surface area contributed by atoms with Crippen molar-refractivity contribution in [3.05, 3.63) is 47.5 Å². The molecule has 1 saturated heterocycles. The van der Waals surface area contributed by atoms with E-state index in [0.29, 0.717) is 36.0 Å². The van der Waals surface area contributed by atoms with Gasteiger partial charge in [-0.25, -0.2) is 0 Å². The molecule has 0 radical (unpaired) electrons. The Kier molecular flexibility index (Phi) is 4.50. The molecule has 0 spiro atoms. The van der Waals surface area contributed by atoms with Gasteiger partial charge in [-0.05, 0) is 48.2 Å². The van der Waals surface area contributed by atoms with Crippen molar-refractivity contribution in [1.82, 2.24) is 4.90 Å². The lowest BCUT2D eigenvalue weighted by molar-refractivity contribution is -0.136. The first-order valence-corrected chi connectivity index (χ1v) is 9.76. The van der Waals surface area contributed by atoms with Crippen LogP contribution in [0.5, 0.6) is 23.0 Å². The van der Waals surface area contributed by atoms with Gasteiger partial charge in [0.1, 0.15) is 0 Å². The minimum Gasteiger partial charge on any atom is -0.454 e. The number of rotatable bonds is 5. The summed E-state index contributed by atoms with van der Waals surface area (Å²) in [5.74, 6) is 2.73. The van der Waals surface area contributed by atoms with Gasteiger partial charge in [0.15, 0.2) is 28.8 Å². The predicted molar refractivity (Wildman–Crippen MR) is 102 cm³/mol. The Morgan fingerprint density at radius 2 is 1.41 bits per heavy atom. The van der Waals surface area contributed by atoms with Gasteiger partial charge in [-0.15, -0.1) is 0 Å². The van der Waals surface area contributed by atoms with Crippen molar-refractivity contribution in [1.29, 1.82) is 0 Å². The normalized spacial score (nSPS) is 18.9. The summed E-state index contributed by atoms with van der Waals surface area (Å²) in [4.78, 5) is 27.6. The molecular weight excluding hydrogens is 374 g/mol. The first-order chi connectivity index (χ1) is 14.2. The molecule has 2 aromatic carbocycles. The number of fused-ring (bicyclic) bond motifs is 2. The molecule has 150 valence electrons. The largest absolute Gasteiger partial charge is 0.454 e. The van der Waals surface area contributed by atoms with Crippen molar-refractivity contribution in [3.63, 3.8) is 0 Å². The van der Waals surface area contributed by atoms with E-state index in [2.05, 4.69) is 0 Å². The zero-order valence-corrected chi connectivity index (χ0v) is 15.9. The highest BCUT2D eigenvalue weighted by atomic mass is 16.7. The molecule has 29 heavy (non-hydrogen) atoms. The Morgan fingerprint density at radius 3 is 2.07 bits per heavy atom. The number of benzene rings is 2. The number of ketones is 1. The number of carbonyl (C=O) groups excluding carboxylic acids is 2. The monoisotopic (exact) mass is 395 g/mol. The molecule has 0 bridgehead atoms. The van der Waals surface area contributed by atoms with Crippen molar-refractivity contribution in [2.24, 2.45) is 0 Å². The van der Waals surface area contributed by atoms with Crippen LogP contribution in [0.4, 0.5) is 0 Å². The Labute approximate surface area is 168 Å². The second-order valence-corrected chi connectivity index (χ2v) is 7.44. The number of ether oxygens (including phenoxy) is 4. The highest BCUT2D eigenvalue weighted by molar-refractivity contribution is 5.91. The van der Waals surface area contributed by atoms with Crippen LogP contribution in [-0.4, -0.2) is 42.8 Å². The number of likely N-dealkylation sites (tertiary alicyclic amines) is 1. The van der Waals surface area contributed by atoms with Crippen molar-refractivity contribution >= 4 is 11.7 Å². The van der Waals surface area contributed by atoms with Crippen molar-refractivity contribution < 1.29 is 28.5 Å². The lowest BCUT2D eigenvalue weighted by atomic mass is 10.0. The summed E-state index contributed by atoms with van der Waals surface area (Å²) in [6, 6.07) is 10.7. The summed E-state index contributed by atoms with van der Waals surface area (Å²) < 4.78 is 21.4. The quantitative estimate of drug-likeness (QED) is 0.775. The minimum atomic E-state index is -0.373. The number of hydrogen-bond donors (Lipinski definition) is 0. The number of nitrogens with zero attached hydrogens (tertiary/aromatic N) is 1. The maximum Gasteiger partial charge on any atom is 0.231 e. The molecular formula is C22H21NO6. The molecule has 1 unspecified atom stereocenters. The maximum atomic E-state index is 12.9. The summed E-state index contributed by atoms with van der Waals surface area (Å²) in [6.45, 7) is 1.02. The lowest BCUT2D eigenvalue weighted by Gasteiger charge is -2.24. The second-order valence-electron chi connectivity index (χ2n) is 7.44. The molecule has 1 amide bonds. The van der Waals surface area contributed by atoms with E-state index in [0.717, 1.165) is 17.5 Å². The number of carbonyl (C=O) groups is 2. The first-order valence-electron chi connectivity index (χ1n) is 9.76. The highest BCUT2D eigenvalue weighted by Crippen LogP contribution is 2.34. The Morgan fingerprint density at radius 1 is 0.828 bits per heavy atom. The van der Waals surface area contributed by atoms with Crippen LogP contribution in [0, 0.1) is 0 Å². The van der Waals surface area contributed by atoms with Crippen LogP contribution >= 0.6 is 0 Å². The molecule has 0 aromatic heterocycles. The van der Waals surface area contributed by atoms with Gasteiger partial charge in [-0.3, -0.25) is 9.59 Å². The van der Waals surface area contributed by atoms with E-state index in [9.17, 15) is 9.59 Å². The molecule has 7 nitrogen and oxygen atoms in total. The third-order valence-electron chi connectivity index (χ3n) is 5.55. The minimum absolute atomic E-state index is 0.0367. The average molecular weight is 395 g/mol.